The summed E-state index contributed by atoms with van der Waals surface area (Å²) in [7, 11) is -4.36. The molecule has 0 aliphatic carbocycles. The molecule has 0 spiro atoms. The summed E-state index contributed by atoms with van der Waals surface area (Å²) in [5.74, 6) is -3.30. The second kappa shape index (κ2) is 16.5. The van der Waals surface area contributed by atoms with Gasteiger partial charge >= 0.3 is 54.1 Å². The molecule has 3 rings (SSSR count). The molecule has 2 heterocycles. The number of sulfonamides is 1. The van der Waals surface area contributed by atoms with Gasteiger partial charge in [-0.1, -0.05) is 0 Å². The first-order valence-electron chi connectivity index (χ1n) is 13.9. The number of alkyl halides is 3. The summed E-state index contributed by atoms with van der Waals surface area (Å²) in [5.41, 5.74) is -1.39. The quantitative estimate of drug-likeness (QED) is 0.328. The molecule has 2 saturated heterocycles. The molecule has 15 nitrogen and oxygen atoms in total. The zero-order chi connectivity index (χ0) is 35.3. The number of carbonyl (C=O) groups excluding carboxylic acids is 3. The number of hydrogen-bond donors (Lipinski definition) is 2. The molecular weight excluding hydrogens is 668 g/mol. The fourth-order valence-electron chi connectivity index (χ4n) is 4.10. The maximum absolute atomic E-state index is 12.9. The van der Waals surface area contributed by atoms with Gasteiger partial charge in [0.25, 0.3) is 0 Å². The second-order valence-electron chi connectivity index (χ2n) is 12.2. The minimum atomic E-state index is -4.94. The van der Waals surface area contributed by atoms with Gasteiger partial charge in [-0.15, -0.1) is 13.2 Å². The Morgan fingerprint density at radius 2 is 1.36 bits per heavy atom. The van der Waals surface area contributed by atoms with Crippen LogP contribution in [0.25, 0.3) is 0 Å². The number of carbonyl (C=O) groups is 4. The van der Waals surface area contributed by atoms with Crippen LogP contribution in [0, 0.1) is 0 Å². The zero-order valence-electron chi connectivity index (χ0n) is 27.1. The van der Waals surface area contributed by atoms with E-state index in [-0.39, 0.29) is 49.2 Å². The molecule has 1 aromatic carbocycles. The van der Waals surface area contributed by atoms with Gasteiger partial charge in [0, 0.05) is 32.7 Å². The van der Waals surface area contributed by atoms with Gasteiger partial charge in [0.2, 0.25) is 10.0 Å². The Kier molecular flexibility index (Phi) is 14.8. The van der Waals surface area contributed by atoms with E-state index in [1.807, 2.05) is 0 Å². The van der Waals surface area contributed by atoms with Crippen molar-refractivity contribution < 1.29 is 94.7 Å². The second-order valence-corrected chi connectivity index (χ2v) is 14.1. The van der Waals surface area contributed by atoms with E-state index in [0.717, 1.165) is 29.2 Å². The molecule has 2 aliphatic heterocycles. The van der Waals surface area contributed by atoms with Crippen LogP contribution in [0.4, 0.5) is 22.8 Å². The van der Waals surface area contributed by atoms with Crippen molar-refractivity contribution >= 4 is 34.1 Å². The number of ether oxygens (including phenoxy) is 3. The van der Waals surface area contributed by atoms with E-state index in [0.29, 0.717) is 17.4 Å². The van der Waals surface area contributed by atoms with Crippen LogP contribution in [-0.4, -0.2) is 121 Å². The van der Waals surface area contributed by atoms with Crippen molar-refractivity contribution in [1.29, 1.82) is 0 Å². The number of nitrogens with one attached hydrogen (secondary N) is 1. The van der Waals surface area contributed by atoms with Gasteiger partial charge in [-0.2, -0.15) is 4.31 Å². The number of carboxylic acids is 2. The van der Waals surface area contributed by atoms with Gasteiger partial charge in [0.1, 0.15) is 23.0 Å². The molecule has 1 aromatic rings. The zero-order valence-corrected chi connectivity index (χ0v) is 29.9. The van der Waals surface area contributed by atoms with E-state index in [1.54, 1.807) is 41.5 Å². The first-order chi connectivity index (χ1) is 20.9. The van der Waals surface area contributed by atoms with Crippen molar-refractivity contribution in [2.75, 3.05) is 39.3 Å². The van der Waals surface area contributed by atoms with Crippen LogP contribution < -0.4 is 44.7 Å². The predicted molar refractivity (Wildman–Crippen MR) is 151 cm³/mol. The Balaban J connectivity index is 0.000000550. The molecule has 2 N–H and O–H groups in total. The number of rotatable bonds is 5. The Hall–Kier alpha value is -2.84. The molecule has 20 heteroatoms. The van der Waals surface area contributed by atoms with Crippen LogP contribution in [0.2, 0.25) is 0 Å². The van der Waals surface area contributed by atoms with Gasteiger partial charge in [-0.05, 0) is 65.8 Å². The van der Waals surface area contributed by atoms with Gasteiger partial charge in [-0.3, -0.25) is 4.79 Å². The number of carboxylic acid groups (broad SMARTS) is 2. The fourth-order valence-corrected chi connectivity index (χ4v) is 5.66. The number of nitrogens with zero attached hydrogens (tertiary/aromatic N) is 3. The summed E-state index contributed by atoms with van der Waals surface area (Å²) in [6.45, 7) is 10.3. The van der Waals surface area contributed by atoms with Crippen LogP contribution in [0.15, 0.2) is 29.2 Å². The van der Waals surface area contributed by atoms with Crippen LogP contribution in [0.3, 0.4) is 0 Å². The molecule has 47 heavy (non-hydrogen) atoms. The van der Waals surface area contributed by atoms with Crippen molar-refractivity contribution in [2.45, 2.75) is 76.1 Å². The summed E-state index contributed by atoms with van der Waals surface area (Å²) in [4.78, 5) is 48.2. The molecule has 0 bridgehead atoms. The molecule has 0 radical (unpaired) electrons. The van der Waals surface area contributed by atoms with E-state index in [2.05, 4.69) is 10.1 Å². The third-order valence-electron chi connectivity index (χ3n) is 6.04. The molecule has 2 aliphatic rings. The average molecular weight is 707 g/mol. The third kappa shape index (κ3) is 13.7. The molecule has 2 fully saturated rings. The average Bonchev–Trinajstić information content (AvgIpc) is 2.90. The van der Waals surface area contributed by atoms with E-state index in [1.165, 1.54) is 4.90 Å². The van der Waals surface area contributed by atoms with Crippen molar-refractivity contribution in [3.05, 3.63) is 24.3 Å². The molecule has 0 aromatic heterocycles. The van der Waals surface area contributed by atoms with Gasteiger partial charge in [0.15, 0.2) is 0 Å². The smallest absolute Gasteiger partial charge is 0.548 e. The summed E-state index contributed by atoms with van der Waals surface area (Å²) in [6.07, 6.45) is -6.20. The van der Waals surface area contributed by atoms with Crippen LogP contribution in [0.1, 0.15) is 41.5 Å². The predicted octanol–water partition coefficient (Wildman–Crippen LogP) is -1.77. The number of piperazine rings is 2. The maximum Gasteiger partial charge on any atom is 1.00 e. The summed E-state index contributed by atoms with van der Waals surface area (Å²) in [5, 5.41) is 22.9. The molecule has 2 amide bonds. The minimum Gasteiger partial charge on any atom is -0.548 e. The first-order valence-corrected chi connectivity index (χ1v) is 15.3. The van der Waals surface area contributed by atoms with Gasteiger partial charge in [-0.25, -0.2) is 18.0 Å². The summed E-state index contributed by atoms with van der Waals surface area (Å²) >= 11 is 0. The van der Waals surface area contributed by atoms with Crippen LogP contribution >= 0.6 is 0 Å². The van der Waals surface area contributed by atoms with E-state index < -0.39 is 81.0 Å². The van der Waals surface area contributed by atoms with Crippen molar-refractivity contribution in [2.24, 2.45) is 0 Å². The number of aliphatic carboxylic acids is 2. The topological polar surface area (TPSA) is 195 Å². The van der Waals surface area contributed by atoms with Crippen LogP contribution in [0.5, 0.6) is 5.75 Å². The monoisotopic (exact) mass is 706 g/mol. The number of halogens is 3. The SMILES string of the molecule is CC(C)(C)OC(=O)N1CCN(S(=O)(=O)c2ccc(OC(F)(F)F)cc2)[C@@H](C(=O)O)C1.CC(C)(C)OC(=O)N1CCN[C@@H](C(=O)[O-])C1.[Na+]. The third-order valence-corrected chi connectivity index (χ3v) is 7.97. The summed E-state index contributed by atoms with van der Waals surface area (Å²) in [6, 6.07) is 0.981. The van der Waals surface area contributed by atoms with Crippen LogP contribution in [-0.2, 0) is 29.1 Å². The Bertz CT molecular complexity index is 1370. The Morgan fingerprint density at radius 3 is 1.79 bits per heavy atom. The first kappa shape index (κ1) is 42.2. The van der Waals surface area contributed by atoms with E-state index in [9.17, 15) is 51.0 Å². The summed E-state index contributed by atoms with van der Waals surface area (Å²) < 4.78 is 77.2. The Morgan fingerprint density at radius 1 is 0.872 bits per heavy atom. The van der Waals surface area contributed by atoms with Crippen molar-refractivity contribution in [1.82, 2.24) is 19.4 Å². The van der Waals surface area contributed by atoms with E-state index in [4.69, 9.17) is 9.47 Å². The Labute approximate surface area is 292 Å². The van der Waals surface area contributed by atoms with Crippen molar-refractivity contribution in [3.8, 4) is 5.75 Å². The van der Waals surface area contributed by atoms with E-state index >= 15 is 0 Å². The molecule has 2 atom stereocenters. The molecule has 0 saturated carbocycles. The fraction of sp³-hybridized carbons (Fsp3) is 0.630. The maximum atomic E-state index is 12.9. The number of benzene rings is 1. The largest absolute Gasteiger partial charge is 1.00 e. The molecular formula is C27H38F3N4NaO11S. The normalized spacial score (nSPS) is 19.3. The minimum absolute atomic E-state index is 0. The molecule has 0 unspecified atom stereocenters. The van der Waals surface area contributed by atoms with Gasteiger partial charge < -0.3 is 44.3 Å². The van der Waals surface area contributed by atoms with Crippen molar-refractivity contribution in [3.63, 3.8) is 0 Å². The standard InChI is InChI=1S/C17H21F3N2O7S.C10H18N2O4.Na/c1-16(2,3)29-15(25)21-8-9-22(13(10-21)14(23)24)30(26,27)12-6-4-11(5-7-12)28-17(18,19)20;1-10(2,3)16-9(15)12-5-4-11-7(6-12)8(13)14;/h4-7,13H,8-10H2,1-3H3,(H,23,24);7,11H,4-6H2,1-3H3,(H,13,14);/q;;+1/p-1/t13-;7-;/m11./s1. The number of amides is 2. The number of hydrogen-bond acceptors (Lipinski definition) is 11. The molecule has 260 valence electrons. The van der Waals surface area contributed by atoms with Gasteiger partial charge in [0.05, 0.1) is 23.5 Å².